The molecule has 0 aromatic heterocycles. The summed E-state index contributed by atoms with van der Waals surface area (Å²) in [5.74, 6) is 0.101. The number of ether oxygens (including phenoxy) is 1. The number of piperidine rings is 2. The van der Waals surface area contributed by atoms with Gasteiger partial charge in [0.05, 0.1) is 7.11 Å². The topological polar surface area (TPSA) is 82.7 Å². The van der Waals surface area contributed by atoms with E-state index in [-0.39, 0.29) is 30.2 Å². The quantitative estimate of drug-likeness (QED) is 0.539. The maximum Gasteiger partial charge on any atom is 0.409 e. The Bertz CT molecular complexity index is 333. The monoisotopic (exact) mass is 254 g/mol. The van der Waals surface area contributed by atoms with E-state index in [0.717, 1.165) is 25.7 Å². The van der Waals surface area contributed by atoms with Crippen LogP contribution < -0.4 is 5.73 Å². The molecule has 0 saturated carbocycles. The largest absolute Gasteiger partial charge is 0.453 e. The lowest BCUT2D eigenvalue weighted by Gasteiger charge is -2.49. The fourth-order valence-corrected chi connectivity index (χ4v) is 3.27. The van der Waals surface area contributed by atoms with Gasteiger partial charge < -0.3 is 20.3 Å². The fourth-order valence-electron chi connectivity index (χ4n) is 3.27. The molecule has 1 amide bonds. The summed E-state index contributed by atoms with van der Waals surface area (Å²) in [5.41, 5.74) is 5.54. The number of rotatable bonds is 1. The fraction of sp³-hybridized carbons (Fsp3) is 0.833. The van der Waals surface area contributed by atoms with E-state index in [0.29, 0.717) is 0 Å². The van der Waals surface area contributed by atoms with Crippen LogP contribution in [0.25, 0.3) is 0 Å². The second-order valence-corrected chi connectivity index (χ2v) is 5.24. The van der Waals surface area contributed by atoms with Crippen LogP contribution >= 0.6 is 0 Å². The van der Waals surface area contributed by atoms with E-state index in [1.54, 1.807) is 0 Å². The van der Waals surface area contributed by atoms with Crippen molar-refractivity contribution >= 4 is 12.1 Å². The number of nitrogens with one attached hydrogen (secondary N) is 1. The zero-order valence-corrected chi connectivity index (χ0v) is 11.1. The SMILES string of the molecule is COC(=O)N1[C@@H]2CCC[C@H]1CC(N(C)C(=N)N)C2. The maximum absolute atomic E-state index is 11.8. The Kier molecular flexibility index (Phi) is 3.63. The predicted octanol–water partition coefficient (Wildman–Crippen LogP) is 0.964. The van der Waals surface area contributed by atoms with Gasteiger partial charge in [0, 0.05) is 25.2 Å². The Balaban J connectivity index is 2.11. The molecule has 2 heterocycles. The minimum atomic E-state index is -0.214. The summed E-state index contributed by atoms with van der Waals surface area (Å²) in [4.78, 5) is 15.5. The Morgan fingerprint density at radius 1 is 1.39 bits per heavy atom. The average molecular weight is 254 g/mol. The smallest absolute Gasteiger partial charge is 0.409 e. The molecule has 3 atom stereocenters. The minimum Gasteiger partial charge on any atom is -0.453 e. The number of carbonyl (C=O) groups is 1. The van der Waals surface area contributed by atoms with Crippen LogP contribution in [0.3, 0.4) is 0 Å². The van der Waals surface area contributed by atoms with Crippen LogP contribution in [0.5, 0.6) is 0 Å². The highest BCUT2D eigenvalue weighted by Crippen LogP contribution is 2.35. The van der Waals surface area contributed by atoms with Crippen molar-refractivity contribution in [3.63, 3.8) is 0 Å². The Labute approximate surface area is 108 Å². The van der Waals surface area contributed by atoms with Gasteiger partial charge in [-0.05, 0) is 32.1 Å². The summed E-state index contributed by atoms with van der Waals surface area (Å²) in [6.45, 7) is 0. The number of hydrogen-bond donors (Lipinski definition) is 2. The Hall–Kier alpha value is -1.46. The van der Waals surface area contributed by atoms with Gasteiger partial charge in [0.2, 0.25) is 0 Å². The van der Waals surface area contributed by atoms with Crippen molar-refractivity contribution in [2.24, 2.45) is 5.73 Å². The molecular weight excluding hydrogens is 232 g/mol. The van der Waals surface area contributed by atoms with Gasteiger partial charge in [0.25, 0.3) is 0 Å². The lowest BCUT2D eigenvalue weighted by molar-refractivity contribution is 0.0110. The second kappa shape index (κ2) is 5.04. The number of nitrogens with two attached hydrogens (primary N) is 1. The molecule has 0 radical (unpaired) electrons. The van der Waals surface area contributed by atoms with Gasteiger partial charge in [-0.25, -0.2) is 4.79 Å². The van der Waals surface area contributed by atoms with Crippen LogP contribution in [-0.4, -0.2) is 54.1 Å². The summed E-state index contributed by atoms with van der Waals surface area (Å²) in [6, 6.07) is 0.729. The number of hydrogen-bond acceptors (Lipinski definition) is 3. The van der Waals surface area contributed by atoms with Crippen LogP contribution in [0.4, 0.5) is 4.79 Å². The molecule has 0 aliphatic carbocycles. The van der Waals surface area contributed by atoms with Gasteiger partial charge in [0.1, 0.15) is 0 Å². The molecule has 102 valence electrons. The highest BCUT2D eigenvalue weighted by atomic mass is 16.5. The molecular formula is C12H22N4O2. The average Bonchev–Trinajstić information content (AvgIpc) is 2.35. The van der Waals surface area contributed by atoms with Crippen molar-refractivity contribution in [3.8, 4) is 0 Å². The van der Waals surface area contributed by atoms with Gasteiger partial charge in [-0.2, -0.15) is 0 Å². The van der Waals surface area contributed by atoms with Crippen LogP contribution in [0.15, 0.2) is 0 Å². The van der Waals surface area contributed by atoms with E-state index in [1.165, 1.54) is 13.5 Å². The first-order chi connectivity index (χ1) is 8.54. The Morgan fingerprint density at radius 3 is 2.39 bits per heavy atom. The molecule has 3 N–H and O–H groups in total. The Morgan fingerprint density at radius 2 is 1.94 bits per heavy atom. The molecule has 1 unspecified atom stereocenters. The second-order valence-electron chi connectivity index (χ2n) is 5.24. The van der Waals surface area contributed by atoms with E-state index in [2.05, 4.69) is 0 Å². The number of methoxy groups -OCH3 is 1. The molecule has 6 heteroatoms. The molecule has 18 heavy (non-hydrogen) atoms. The van der Waals surface area contributed by atoms with Crippen molar-refractivity contribution in [2.45, 2.75) is 50.2 Å². The molecule has 2 aliphatic rings. The molecule has 2 rings (SSSR count). The minimum absolute atomic E-state index is 0.101. The predicted molar refractivity (Wildman–Crippen MR) is 68.4 cm³/mol. The third-order valence-corrected chi connectivity index (χ3v) is 4.26. The summed E-state index contributed by atoms with van der Waals surface area (Å²) in [5, 5.41) is 7.51. The zero-order valence-electron chi connectivity index (χ0n) is 11.1. The van der Waals surface area contributed by atoms with E-state index < -0.39 is 0 Å². The first-order valence-electron chi connectivity index (χ1n) is 6.47. The maximum atomic E-state index is 11.8. The number of carbonyl (C=O) groups excluding carboxylic acids is 1. The number of fused-ring (bicyclic) bond motifs is 2. The van der Waals surface area contributed by atoms with Gasteiger partial charge in [0.15, 0.2) is 5.96 Å². The molecule has 0 aromatic rings. The van der Waals surface area contributed by atoms with Crippen LogP contribution in [0, 0.1) is 5.41 Å². The van der Waals surface area contributed by atoms with Crippen molar-refractivity contribution < 1.29 is 9.53 Å². The first-order valence-corrected chi connectivity index (χ1v) is 6.47. The van der Waals surface area contributed by atoms with E-state index in [9.17, 15) is 4.79 Å². The van der Waals surface area contributed by atoms with Crippen molar-refractivity contribution in [2.75, 3.05) is 14.2 Å². The highest BCUT2D eigenvalue weighted by Gasteiger charge is 2.42. The van der Waals surface area contributed by atoms with E-state index >= 15 is 0 Å². The van der Waals surface area contributed by atoms with Gasteiger partial charge in [-0.3, -0.25) is 5.41 Å². The molecule has 2 saturated heterocycles. The molecule has 0 spiro atoms. The van der Waals surface area contributed by atoms with Crippen LogP contribution in [0.2, 0.25) is 0 Å². The normalized spacial score (nSPS) is 30.8. The molecule has 2 fully saturated rings. The van der Waals surface area contributed by atoms with Crippen molar-refractivity contribution in [1.82, 2.24) is 9.80 Å². The van der Waals surface area contributed by atoms with E-state index in [1.807, 2.05) is 16.8 Å². The number of guanidine groups is 1. The highest BCUT2D eigenvalue weighted by molar-refractivity contribution is 5.74. The van der Waals surface area contributed by atoms with Crippen LogP contribution in [-0.2, 0) is 4.74 Å². The number of amides is 1. The third kappa shape index (κ3) is 2.23. The van der Waals surface area contributed by atoms with Gasteiger partial charge in [-0.15, -0.1) is 0 Å². The van der Waals surface area contributed by atoms with Crippen LogP contribution in [0.1, 0.15) is 32.1 Å². The third-order valence-electron chi connectivity index (χ3n) is 4.26. The van der Waals surface area contributed by atoms with Crippen molar-refractivity contribution in [3.05, 3.63) is 0 Å². The summed E-state index contributed by atoms with van der Waals surface area (Å²) >= 11 is 0. The molecule has 0 aromatic carbocycles. The van der Waals surface area contributed by atoms with Gasteiger partial charge in [-0.1, -0.05) is 0 Å². The van der Waals surface area contributed by atoms with E-state index in [4.69, 9.17) is 15.9 Å². The molecule has 2 bridgehead atoms. The van der Waals surface area contributed by atoms with Gasteiger partial charge >= 0.3 is 6.09 Å². The standard InChI is InChI=1S/C12H22N4O2/c1-15(11(13)14)10-6-8-4-3-5-9(7-10)16(8)12(17)18-2/h8-10H,3-7H2,1-2H3,(H3,13,14)/t8-,9+,10?. The first kappa shape index (κ1) is 13.0. The summed E-state index contributed by atoms with van der Waals surface area (Å²) in [7, 11) is 3.29. The molecule has 6 nitrogen and oxygen atoms in total. The summed E-state index contributed by atoms with van der Waals surface area (Å²) < 4.78 is 4.88. The number of nitrogens with zero attached hydrogens (tertiary/aromatic N) is 2. The lowest BCUT2D eigenvalue weighted by Crippen LogP contribution is -2.59. The summed E-state index contributed by atoms with van der Waals surface area (Å²) in [6.07, 6.45) is 4.75. The molecule has 2 aliphatic heterocycles. The zero-order chi connectivity index (χ0) is 13.3. The lowest BCUT2D eigenvalue weighted by atomic mass is 9.81. The van der Waals surface area contributed by atoms with Crippen molar-refractivity contribution in [1.29, 1.82) is 5.41 Å².